The summed E-state index contributed by atoms with van der Waals surface area (Å²) in [5.74, 6) is -1.95. The van der Waals surface area contributed by atoms with Crippen molar-refractivity contribution in [3.05, 3.63) is 134 Å². The van der Waals surface area contributed by atoms with Gasteiger partial charge in [-0.2, -0.15) is 0 Å². The van der Waals surface area contributed by atoms with Gasteiger partial charge < -0.3 is 9.32 Å². The van der Waals surface area contributed by atoms with Crippen LogP contribution in [0, 0.1) is 12.7 Å². The van der Waals surface area contributed by atoms with E-state index in [2.05, 4.69) is 4.98 Å². The average Bonchev–Trinajstić information content (AvgIpc) is 3.35. The van der Waals surface area contributed by atoms with Crippen LogP contribution in [0.15, 0.2) is 94.3 Å². The number of aryl methyl sites for hydroxylation is 1. The van der Waals surface area contributed by atoms with Gasteiger partial charge in [0.2, 0.25) is 5.76 Å². The van der Waals surface area contributed by atoms with E-state index in [9.17, 15) is 18.8 Å². The van der Waals surface area contributed by atoms with Gasteiger partial charge in [0, 0.05) is 16.8 Å². The molecule has 1 unspecified atom stereocenters. The van der Waals surface area contributed by atoms with Crippen LogP contribution in [0.4, 0.5) is 15.9 Å². The Bertz CT molecular complexity index is 1960. The summed E-state index contributed by atoms with van der Waals surface area (Å²) in [6, 6.07) is 21.0. The summed E-state index contributed by atoms with van der Waals surface area (Å²) in [6.07, 6.45) is 1.53. The van der Waals surface area contributed by atoms with Gasteiger partial charge in [-0.15, -0.1) is 0 Å². The number of amides is 2. The first kappa shape index (κ1) is 24.2. The van der Waals surface area contributed by atoms with Crippen LogP contribution in [0.3, 0.4) is 0 Å². The highest BCUT2D eigenvalue weighted by Crippen LogP contribution is 2.54. The molecule has 0 fully saturated rings. The third kappa shape index (κ3) is 3.23. The molecule has 2 aliphatic rings. The molecule has 1 spiro atoms. The number of rotatable bonds is 3. The quantitative estimate of drug-likeness (QED) is 0.285. The van der Waals surface area contributed by atoms with E-state index in [1.807, 2.05) is 19.1 Å². The Balaban J connectivity index is 1.56. The fraction of sp³-hybridized carbons (Fsp3) is 0.0968. The van der Waals surface area contributed by atoms with Crippen LogP contribution in [-0.4, -0.2) is 16.8 Å². The Morgan fingerprint density at radius 3 is 2.52 bits per heavy atom. The van der Waals surface area contributed by atoms with Crippen LogP contribution in [0.5, 0.6) is 0 Å². The van der Waals surface area contributed by atoms with Gasteiger partial charge in [0.05, 0.1) is 23.2 Å². The molecule has 2 amide bonds. The molecule has 40 heavy (non-hydrogen) atoms. The highest BCUT2D eigenvalue weighted by atomic mass is 35.5. The van der Waals surface area contributed by atoms with Crippen LogP contribution < -0.4 is 15.2 Å². The van der Waals surface area contributed by atoms with Gasteiger partial charge in [-0.3, -0.25) is 19.3 Å². The lowest BCUT2D eigenvalue weighted by Crippen LogP contribution is -2.54. The third-order valence-electron chi connectivity index (χ3n) is 7.47. The van der Waals surface area contributed by atoms with Crippen LogP contribution in [0.2, 0.25) is 5.02 Å². The van der Waals surface area contributed by atoms with Gasteiger partial charge in [-0.25, -0.2) is 9.37 Å². The van der Waals surface area contributed by atoms with Crippen molar-refractivity contribution < 1.29 is 18.4 Å². The second-order valence-electron chi connectivity index (χ2n) is 9.85. The van der Waals surface area contributed by atoms with Gasteiger partial charge in [-0.05, 0) is 66.6 Å². The van der Waals surface area contributed by atoms with E-state index in [0.717, 1.165) is 23.3 Å². The van der Waals surface area contributed by atoms with Gasteiger partial charge in [0.1, 0.15) is 17.2 Å². The molecule has 0 saturated heterocycles. The first-order chi connectivity index (χ1) is 19.3. The molecular formula is C31H19ClFN3O4. The normalized spacial score (nSPS) is 17.7. The average molecular weight is 552 g/mol. The van der Waals surface area contributed by atoms with Crippen molar-refractivity contribution in [1.82, 2.24) is 4.98 Å². The third-order valence-corrected chi connectivity index (χ3v) is 7.72. The number of nitrogens with zero attached hydrogens (tertiary/aromatic N) is 3. The molecule has 1 atom stereocenters. The molecule has 7 nitrogen and oxygen atoms in total. The van der Waals surface area contributed by atoms with Crippen molar-refractivity contribution >= 4 is 45.9 Å². The zero-order chi connectivity index (χ0) is 27.8. The standard InChI is InChI=1S/C31H19ClFN3O4/c1-17-12-13-34-25(14-17)36-29(38)28-26(27(37)21-15-20(33)10-11-24(21)40-28)31(36)22-4-2-3-5-23(22)35(30(31)39)16-18-6-8-19(32)9-7-18/h2-15H,16H2,1H3. The summed E-state index contributed by atoms with van der Waals surface area (Å²) in [4.78, 5) is 50.4. The number of carbonyl (C=O) groups excluding carboxylic acids is 2. The summed E-state index contributed by atoms with van der Waals surface area (Å²) in [6.45, 7) is 1.99. The first-order valence-corrected chi connectivity index (χ1v) is 12.9. The fourth-order valence-electron chi connectivity index (χ4n) is 5.75. The number of para-hydroxylation sites is 1. The Morgan fingerprint density at radius 2 is 1.75 bits per heavy atom. The second-order valence-corrected chi connectivity index (χ2v) is 10.3. The number of fused-ring (bicyclic) bond motifs is 5. The summed E-state index contributed by atoms with van der Waals surface area (Å²) in [7, 11) is 0. The molecule has 0 aliphatic carbocycles. The largest absolute Gasteiger partial charge is 0.450 e. The van der Waals surface area contributed by atoms with Crippen molar-refractivity contribution in [2.75, 3.05) is 9.80 Å². The lowest BCUT2D eigenvalue weighted by molar-refractivity contribution is -0.121. The summed E-state index contributed by atoms with van der Waals surface area (Å²) >= 11 is 6.08. The number of benzene rings is 3. The molecule has 2 aromatic heterocycles. The Kier molecular flexibility index (Phi) is 5.21. The van der Waals surface area contributed by atoms with Crippen molar-refractivity contribution in [3.8, 4) is 0 Å². The molecule has 196 valence electrons. The zero-order valence-electron chi connectivity index (χ0n) is 21.0. The van der Waals surface area contributed by atoms with Crippen molar-refractivity contribution in [1.29, 1.82) is 0 Å². The number of hydrogen-bond donors (Lipinski definition) is 0. The predicted octanol–water partition coefficient (Wildman–Crippen LogP) is 5.74. The smallest absolute Gasteiger partial charge is 0.297 e. The van der Waals surface area contributed by atoms with E-state index >= 15 is 0 Å². The molecule has 0 N–H and O–H groups in total. The van der Waals surface area contributed by atoms with E-state index in [1.54, 1.807) is 53.4 Å². The molecule has 5 aromatic rings. The summed E-state index contributed by atoms with van der Waals surface area (Å²) < 4.78 is 20.3. The zero-order valence-corrected chi connectivity index (χ0v) is 21.8. The predicted molar refractivity (Wildman–Crippen MR) is 148 cm³/mol. The van der Waals surface area contributed by atoms with E-state index in [-0.39, 0.29) is 34.7 Å². The molecular weight excluding hydrogens is 533 g/mol. The van der Waals surface area contributed by atoms with Crippen LogP contribution in [0.1, 0.15) is 32.8 Å². The Hall–Kier alpha value is -4.82. The molecule has 4 heterocycles. The number of pyridine rings is 1. The highest BCUT2D eigenvalue weighted by Gasteiger charge is 2.66. The maximum atomic E-state index is 14.8. The minimum Gasteiger partial charge on any atom is -0.450 e. The van der Waals surface area contributed by atoms with E-state index in [0.29, 0.717) is 16.3 Å². The van der Waals surface area contributed by atoms with Crippen molar-refractivity contribution in [2.24, 2.45) is 0 Å². The van der Waals surface area contributed by atoms with Crippen molar-refractivity contribution in [2.45, 2.75) is 19.0 Å². The maximum Gasteiger partial charge on any atom is 0.297 e. The molecule has 9 heteroatoms. The molecule has 0 saturated carbocycles. The van der Waals surface area contributed by atoms with E-state index in [4.69, 9.17) is 16.0 Å². The molecule has 3 aromatic carbocycles. The monoisotopic (exact) mass is 551 g/mol. The van der Waals surface area contributed by atoms with Crippen LogP contribution >= 0.6 is 11.6 Å². The minimum absolute atomic E-state index is 0.0458. The van der Waals surface area contributed by atoms with E-state index in [1.165, 1.54) is 17.2 Å². The van der Waals surface area contributed by atoms with Gasteiger partial charge in [0.15, 0.2) is 11.0 Å². The van der Waals surface area contributed by atoms with Gasteiger partial charge in [0.25, 0.3) is 11.8 Å². The Labute approximate surface area is 232 Å². The Morgan fingerprint density at radius 1 is 0.975 bits per heavy atom. The first-order valence-electron chi connectivity index (χ1n) is 12.5. The number of carbonyl (C=O) groups is 2. The lowest BCUT2D eigenvalue weighted by atomic mass is 9.84. The van der Waals surface area contributed by atoms with Gasteiger partial charge in [-0.1, -0.05) is 41.9 Å². The number of anilines is 2. The fourth-order valence-corrected chi connectivity index (χ4v) is 5.88. The van der Waals surface area contributed by atoms with E-state index < -0.39 is 28.6 Å². The molecule has 2 aliphatic heterocycles. The maximum absolute atomic E-state index is 14.8. The number of hydrogen-bond acceptors (Lipinski definition) is 5. The molecule has 7 rings (SSSR count). The topological polar surface area (TPSA) is 83.7 Å². The summed E-state index contributed by atoms with van der Waals surface area (Å²) in [5.41, 5.74) is -0.145. The number of halogens is 2. The minimum atomic E-state index is -1.92. The second kappa shape index (κ2) is 8.59. The van der Waals surface area contributed by atoms with Gasteiger partial charge >= 0.3 is 0 Å². The summed E-state index contributed by atoms with van der Waals surface area (Å²) in [5, 5.41) is 0.489. The SMILES string of the molecule is Cc1ccnc(N2C(=O)c3oc4ccc(F)cc4c(=O)c3C23C(=O)N(Cc2ccc(Cl)cc2)c2ccccc23)c1. The van der Waals surface area contributed by atoms with Crippen molar-refractivity contribution in [3.63, 3.8) is 0 Å². The lowest BCUT2D eigenvalue weighted by Gasteiger charge is -2.33. The number of aromatic nitrogens is 1. The highest BCUT2D eigenvalue weighted by molar-refractivity contribution is 6.30. The molecule has 0 bridgehead atoms. The van der Waals surface area contributed by atoms with Crippen LogP contribution in [0.25, 0.3) is 11.0 Å². The van der Waals surface area contributed by atoms with Crippen LogP contribution in [-0.2, 0) is 16.9 Å². The molecule has 0 radical (unpaired) electrons.